The van der Waals surface area contributed by atoms with E-state index in [0.29, 0.717) is 12.4 Å². The molecule has 0 aliphatic heterocycles. The van der Waals surface area contributed by atoms with Gasteiger partial charge < -0.3 is 10.3 Å². The summed E-state index contributed by atoms with van der Waals surface area (Å²) in [5, 5.41) is 6.26. The summed E-state index contributed by atoms with van der Waals surface area (Å²) in [5.74, 6) is 0.459. The van der Waals surface area contributed by atoms with Gasteiger partial charge in [0.2, 0.25) is 10.0 Å². The lowest BCUT2D eigenvalue weighted by atomic mass is 10.4. The van der Waals surface area contributed by atoms with Gasteiger partial charge >= 0.3 is 0 Å². The van der Waals surface area contributed by atoms with Gasteiger partial charge in [-0.05, 0) is 12.5 Å². The highest BCUT2D eigenvalue weighted by atomic mass is 32.2. The Balaban J connectivity index is 2.16. The number of aromatic nitrogens is 4. The second-order valence-corrected chi connectivity index (χ2v) is 6.09. The summed E-state index contributed by atoms with van der Waals surface area (Å²) in [6.07, 6.45) is 3.84. The first-order chi connectivity index (χ1) is 9.56. The van der Waals surface area contributed by atoms with Crippen molar-refractivity contribution in [3.8, 4) is 0 Å². The highest BCUT2D eigenvalue weighted by Crippen LogP contribution is 2.15. The minimum absolute atomic E-state index is 0.0687. The van der Waals surface area contributed by atoms with Crippen LogP contribution in [0.2, 0.25) is 0 Å². The van der Waals surface area contributed by atoms with Gasteiger partial charge in [-0.1, -0.05) is 6.92 Å². The number of hydrogen-bond acceptors (Lipinski definition) is 5. The zero-order valence-corrected chi connectivity index (χ0v) is 12.0. The Hall–Kier alpha value is -1.71. The van der Waals surface area contributed by atoms with E-state index in [1.807, 2.05) is 11.5 Å². The molecule has 0 saturated carbocycles. The first kappa shape index (κ1) is 14.7. The lowest BCUT2D eigenvalue weighted by Gasteiger charge is -2.04. The van der Waals surface area contributed by atoms with Crippen molar-refractivity contribution in [2.45, 2.75) is 37.9 Å². The fourth-order valence-corrected chi connectivity index (χ4v) is 2.91. The minimum atomic E-state index is -3.58. The Morgan fingerprint density at radius 2 is 2.30 bits per heavy atom. The van der Waals surface area contributed by atoms with Gasteiger partial charge in [-0.15, -0.1) is 0 Å². The lowest BCUT2D eigenvalue weighted by molar-refractivity contribution is 0.578. The number of aryl methyl sites for hydroxylation is 1. The van der Waals surface area contributed by atoms with Crippen molar-refractivity contribution >= 4 is 10.0 Å². The normalized spacial score (nSPS) is 11.9. The highest BCUT2D eigenvalue weighted by Gasteiger charge is 2.18. The Labute approximate surface area is 117 Å². The summed E-state index contributed by atoms with van der Waals surface area (Å²) in [4.78, 5) is 4.08. The van der Waals surface area contributed by atoms with E-state index in [9.17, 15) is 8.42 Å². The van der Waals surface area contributed by atoms with Crippen LogP contribution in [0.15, 0.2) is 23.5 Å². The van der Waals surface area contributed by atoms with Gasteiger partial charge in [-0.3, -0.25) is 5.10 Å². The van der Waals surface area contributed by atoms with Crippen LogP contribution in [0, 0.1) is 0 Å². The molecule has 0 bridgehead atoms. The van der Waals surface area contributed by atoms with E-state index in [-0.39, 0.29) is 11.4 Å². The fourth-order valence-electron chi connectivity index (χ4n) is 1.86. The molecule has 0 aliphatic rings. The Morgan fingerprint density at radius 3 is 2.90 bits per heavy atom. The Kier molecular flexibility index (Phi) is 4.53. The highest BCUT2D eigenvalue weighted by molar-refractivity contribution is 7.89. The molecular weight excluding hydrogens is 280 g/mol. The van der Waals surface area contributed by atoms with Gasteiger partial charge in [0.25, 0.3) is 0 Å². The van der Waals surface area contributed by atoms with Crippen molar-refractivity contribution < 1.29 is 8.42 Å². The predicted molar refractivity (Wildman–Crippen MR) is 73.0 cm³/mol. The van der Waals surface area contributed by atoms with E-state index in [1.165, 1.54) is 6.33 Å². The largest absolute Gasteiger partial charge is 0.349 e. The second kappa shape index (κ2) is 6.16. The van der Waals surface area contributed by atoms with Gasteiger partial charge in [-0.2, -0.15) is 5.10 Å². The second-order valence-electron chi connectivity index (χ2n) is 4.32. The standard InChI is InChI=1S/C11H18N6O2S/c1-2-3-17-7-10(4-9(17)5-12)20(18,19)15-6-11-13-8-14-16-11/h4,7-8,15H,2-3,5-6,12H2,1H3,(H,13,14,16). The number of H-pyrrole nitrogens is 1. The van der Waals surface area contributed by atoms with Crippen LogP contribution >= 0.6 is 0 Å². The zero-order valence-electron chi connectivity index (χ0n) is 11.2. The number of nitrogens with zero attached hydrogens (tertiary/aromatic N) is 3. The smallest absolute Gasteiger partial charge is 0.242 e. The lowest BCUT2D eigenvalue weighted by Crippen LogP contribution is -2.23. The number of sulfonamides is 1. The number of rotatable bonds is 7. The molecule has 2 aromatic rings. The summed E-state index contributed by atoms with van der Waals surface area (Å²) >= 11 is 0. The van der Waals surface area contributed by atoms with Gasteiger partial charge in [-0.25, -0.2) is 18.1 Å². The van der Waals surface area contributed by atoms with Gasteiger partial charge in [0.1, 0.15) is 12.2 Å². The topological polar surface area (TPSA) is 119 Å². The monoisotopic (exact) mass is 298 g/mol. The molecule has 20 heavy (non-hydrogen) atoms. The van der Waals surface area contributed by atoms with Crippen LogP contribution in [0.5, 0.6) is 0 Å². The van der Waals surface area contributed by atoms with Crippen LogP contribution in [0.4, 0.5) is 0 Å². The molecular formula is C11H18N6O2S. The average Bonchev–Trinajstić information content (AvgIpc) is 3.06. The van der Waals surface area contributed by atoms with Crippen molar-refractivity contribution in [2.24, 2.45) is 5.73 Å². The number of nitrogens with two attached hydrogens (primary N) is 1. The van der Waals surface area contributed by atoms with Crippen LogP contribution in [-0.4, -0.2) is 28.2 Å². The summed E-state index contributed by atoms with van der Waals surface area (Å²) in [5.41, 5.74) is 6.43. The molecule has 0 unspecified atom stereocenters. The molecule has 110 valence electrons. The summed E-state index contributed by atoms with van der Waals surface area (Å²) < 4.78 is 28.7. The zero-order chi connectivity index (χ0) is 14.6. The van der Waals surface area contributed by atoms with E-state index in [1.54, 1.807) is 12.3 Å². The first-order valence-electron chi connectivity index (χ1n) is 6.30. The number of hydrogen-bond donors (Lipinski definition) is 3. The molecule has 8 nitrogen and oxygen atoms in total. The van der Waals surface area contributed by atoms with Crippen molar-refractivity contribution in [1.82, 2.24) is 24.5 Å². The van der Waals surface area contributed by atoms with Crippen molar-refractivity contribution in [2.75, 3.05) is 0 Å². The average molecular weight is 298 g/mol. The molecule has 0 fully saturated rings. The van der Waals surface area contributed by atoms with Gasteiger partial charge in [0.05, 0.1) is 11.4 Å². The van der Waals surface area contributed by atoms with Gasteiger partial charge in [0, 0.05) is 25.0 Å². The van der Waals surface area contributed by atoms with Crippen molar-refractivity contribution in [3.63, 3.8) is 0 Å². The Morgan fingerprint density at radius 1 is 1.50 bits per heavy atom. The van der Waals surface area contributed by atoms with E-state index >= 15 is 0 Å². The van der Waals surface area contributed by atoms with E-state index in [4.69, 9.17) is 5.73 Å². The van der Waals surface area contributed by atoms with Crippen LogP contribution in [0.25, 0.3) is 0 Å². The van der Waals surface area contributed by atoms with Crippen LogP contribution in [0.3, 0.4) is 0 Å². The third-order valence-electron chi connectivity index (χ3n) is 2.84. The third kappa shape index (κ3) is 3.24. The van der Waals surface area contributed by atoms with Crippen LogP contribution in [0.1, 0.15) is 24.9 Å². The quantitative estimate of drug-likeness (QED) is 0.662. The van der Waals surface area contributed by atoms with Crippen LogP contribution < -0.4 is 10.5 Å². The molecule has 0 amide bonds. The molecule has 0 aliphatic carbocycles. The molecule has 4 N–H and O–H groups in total. The van der Waals surface area contributed by atoms with Gasteiger partial charge in [0.15, 0.2) is 0 Å². The molecule has 9 heteroatoms. The Bertz CT molecular complexity index is 647. The maximum atomic E-state index is 12.2. The first-order valence-corrected chi connectivity index (χ1v) is 7.78. The predicted octanol–water partition coefficient (Wildman–Crippen LogP) is -0.0466. The van der Waals surface area contributed by atoms with Crippen molar-refractivity contribution in [3.05, 3.63) is 30.1 Å². The molecule has 0 aromatic carbocycles. The summed E-state index contributed by atoms with van der Waals surface area (Å²) in [6.45, 7) is 3.14. The number of aromatic amines is 1. The maximum Gasteiger partial charge on any atom is 0.242 e. The summed E-state index contributed by atoms with van der Waals surface area (Å²) in [6, 6.07) is 1.60. The third-order valence-corrected chi connectivity index (χ3v) is 4.21. The van der Waals surface area contributed by atoms with E-state index < -0.39 is 10.0 Å². The molecule has 0 radical (unpaired) electrons. The van der Waals surface area contributed by atoms with E-state index in [2.05, 4.69) is 19.9 Å². The van der Waals surface area contributed by atoms with E-state index in [0.717, 1.165) is 18.7 Å². The van der Waals surface area contributed by atoms with Crippen LogP contribution in [-0.2, 0) is 29.7 Å². The SMILES string of the molecule is CCCn1cc(S(=O)(=O)NCc2ncn[nH]2)cc1CN. The number of nitrogens with one attached hydrogen (secondary N) is 2. The molecule has 0 saturated heterocycles. The summed E-state index contributed by atoms with van der Waals surface area (Å²) in [7, 11) is -3.58. The maximum absolute atomic E-state index is 12.2. The van der Waals surface area contributed by atoms with Crippen molar-refractivity contribution in [1.29, 1.82) is 0 Å². The molecule has 0 atom stereocenters. The molecule has 2 aromatic heterocycles. The molecule has 0 spiro atoms. The molecule has 2 rings (SSSR count). The fraction of sp³-hybridized carbons (Fsp3) is 0.455. The molecule has 2 heterocycles. The minimum Gasteiger partial charge on any atom is -0.349 e.